The summed E-state index contributed by atoms with van der Waals surface area (Å²) in [4.78, 5) is 26.9. The summed E-state index contributed by atoms with van der Waals surface area (Å²) in [5.41, 5.74) is 2.20. The van der Waals surface area contributed by atoms with Gasteiger partial charge in [0.1, 0.15) is 6.04 Å². The van der Waals surface area contributed by atoms with E-state index in [0.29, 0.717) is 13.0 Å². The molecule has 5 aromatic carbocycles. The van der Waals surface area contributed by atoms with Crippen molar-refractivity contribution in [1.82, 2.24) is 10.2 Å². The number of carbonyl (C=O) groups is 2. The van der Waals surface area contributed by atoms with Gasteiger partial charge < -0.3 is 15.3 Å². The van der Waals surface area contributed by atoms with Crippen molar-refractivity contribution in [2.75, 3.05) is 13.7 Å². The standard InChI is InChI=1S/C31H30N2O3/c1-33(19-21-7-3-2-4-8-21)31(36)27(20-34)32-28(35)12-6-9-22-13-14-25-16-15-23-10-5-11-24-17-18-26(22)30(25)29(23)24/h2-5,7-8,10-11,13-18,27,34H,6,9,12,19-20H2,1H3,(H,32,35). The molecule has 0 heterocycles. The summed E-state index contributed by atoms with van der Waals surface area (Å²) in [5.74, 6) is -0.533. The van der Waals surface area contributed by atoms with Gasteiger partial charge in [0, 0.05) is 20.0 Å². The monoisotopic (exact) mass is 478 g/mol. The van der Waals surface area contributed by atoms with Crippen LogP contribution in [-0.4, -0.2) is 41.5 Å². The van der Waals surface area contributed by atoms with Gasteiger partial charge in [-0.1, -0.05) is 84.9 Å². The van der Waals surface area contributed by atoms with Crippen molar-refractivity contribution >= 4 is 44.1 Å². The maximum absolute atomic E-state index is 12.8. The summed E-state index contributed by atoms with van der Waals surface area (Å²) in [6.45, 7) is -0.0145. The first-order chi connectivity index (χ1) is 17.5. The molecule has 5 rings (SSSR count). The van der Waals surface area contributed by atoms with E-state index in [2.05, 4.69) is 59.9 Å². The van der Waals surface area contributed by atoms with Gasteiger partial charge in [-0.25, -0.2) is 0 Å². The zero-order valence-corrected chi connectivity index (χ0v) is 20.4. The molecule has 36 heavy (non-hydrogen) atoms. The average Bonchev–Trinajstić information content (AvgIpc) is 2.91. The third-order valence-electron chi connectivity index (χ3n) is 6.92. The van der Waals surface area contributed by atoms with Gasteiger partial charge in [0.05, 0.1) is 6.61 Å². The second kappa shape index (κ2) is 10.3. The number of rotatable bonds is 9. The Kier molecular flexibility index (Phi) is 6.83. The molecule has 5 aromatic rings. The van der Waals surface area contributed by atoms with Gasteiger partial charge in [0.15, 0.2) is 0 Å². The number of nitrogens with zero attached hydrogens (tertiary/aromatic N) is 1. The van der Waals surface area contributed by atoms with Crippen molar-refractivity contribution in [1.29, 1.82) is 0 Å². The first kappa shape index (κ1) is 23.8. The van der Waals surface area contributed by atoms with Crippen molar-refractivity contribution in [2.45, 2.75) is 31.8 Å². The van der Waals surface area contributed by atoms with E-state index in [1.807, 2.05) is 30.3 Å². The molecule has 0 fully saturated rings. The van der Waals surface area contributed by atoms with Gasteiger partial charge >= 0.3 is 0 Å². The fourth-order valence-electron chi connectivity index (χ4n) is 5.11. The highest BCUT2D eigenvalue weighted by atomic mass is 16.3. The number of amides is 2. The van der Waals surface area contributed by atoms with Gasteiger partial charge in [0.25, 0.3) is 0 Å². The van der Waals surface area contributed by atoms with E-state index in [9.17, 15) is 14.7 Å². The smallest absolute Gasteiger partial charge is 0.247 e. The Morgan fingerprint density at radius 1 is 0.833 bits per heavy atom. The van der Waals surface area contributed by atoms with Gasteiger partial charge in [-0.3, -0.25) is 9.59 Å². The fourth-order valence-corrected chi connectivity index (χ4v) is 5.11. The van der Waals surface area contributed by atoms with Crippen LogP contribution in [0.15, 0.2) is 84.9 Å². The van der Waals surface area contributed by atoms with E-state index in [0.717, 1.165) is 12.0 Å². The Bertz CT molecular complexity index is 1500. The van der Waals surface area contributed by atoms with E-state index < -0.39 is 12.6 Å². The van der Waals surface area contributed by atoms with Crippen LogP contribution in [0.25, 0.3) is 32.3 Å². The topological polar surface area (TPSA) is 69.6 Å². The number of aliphatic hydroxyl groups excluding tert-OH is 1. The number of aliphatic hydroxyl groups is 1. The number of carbonyl (C=O) groups excluding carboxylic acids is 2. The van der Waals surface area contributed by atoms with Crippen molar-refractivity contribution in [3.8, 4) is 0 Å². The minimum Gasteiger partial charge on any atom is -0.394 e. The maximum Gasteiger partial charge on any atom is 0.247 e. The Hall–Kier alpha value is -3.96. The minimum absolute atomic E-state index is 0.228. The van der Waals surface area contributed by atoms with Gasteiger partial charge in [-0.15, -0.1) is 0 Å². The second-order valence-corrected chi connectivity index (χ2v) is 9.42. The molecule has 5 nitrogen and oxygen atoms in total. The van der Waals surface area contributed by atoms with Crippen LogP contribution in [0.1, 0.15) is 24.0 Å². The summed E-state index contributed by atoms with van der Waals surface area (Å²) in [6, 6.07) is 28.1. The molecule has 0 aliphatic rings. The average molecular weight is 479 g/mol. The first-order valence-corrected chi connectivity index (χ1v) is 12.4. The number of nitrogens with one attached hydrogen (secondary N) is 1. The van der Waals surface area contributed by atoms with Crippen LogP contribution in [0.2, 0.25) is 0 Å². The van der Waals surface area contributed by atoms with Crippen LogP contribution < -0.4 is 5.32 Å². The number of benzene rings is 5. The van der Waals surface area contributed by atoms with E-state index in [-0.39, 0.29) is 18.2 Å². The number of hydrogen-bond donors (Lipinski definition) is 2. The first-order valence-electron chi connectivity index (χ1n) is 12.4. The van der Waals surface area contributed by atoms with E-state index in [4.69, 9.17) is 0 Å². The molecule has 1 unspecified atom stereocenters. The Labute approximate surface area is 210 Å². The van der Waals surface area contributed by atoms with Crippen LogP contribution >= 0.6 is 0 Å². The molecule has 0 aliphatic heterocycles. The number of likely N-dealkylation sites (N-methyl/N-ethyl adjacent to an activating group) is 1. The molecule has 0 aliphatic carbocycles. The molecule has 182 valence electrons. The maximum atomic E-state index is 12.8. The molecule has 2 N–H and O–H groups in total. The molecule has 1 atom stereocenters. The van der Waals surface area contributed by atoms with Crippen molar-refractivity contribution in [3.63, 3.8) is 0 Å². The van der Waals surface area contributed by atoms with Crippen LogP contribution in [0.5, 0.6) is 0 Å². The summed E-state index contributed by atoms with van der Waals surface area (Å²) in [5, 5.41) is 20.0. The predicted molar refractivity (Wildman–Crippen MR) is 145 cm³/mol. The molecule has 0 bridgehead atoms. The SMILES string of the molecule is CN(Cc1ccccc1)C(=O)C(CO)NC(=O)CCCc1ccc2ccc3cccc4ccc1c2c34. The molecule has 5 heteroatoms. The molecule has 0 saturated heterocycles. The van der Waals surface area contributed by atoms with E-state index >= 15 is 0 Å². The molecular formula is C31H30N2O3. The highest BCUT2D eigenvalue weighted by Crippen LogP contribution is 2.36. The Morgan fingerprint density at radius 2 is 1.50 bits per heavy atom. The highest BCUT2D eigenvalue weighted by Gasteiger charge is 2.23. The molecule has 0 spiro atoms. The summed E-state index contributed by atoms with van der Waals surface area (Å²) >= 11 is 0. The predicted octanol–water partition coefficient (Wildman–Crippen LogP) is 5.04. The lowest BCUT2D eigenvalue weighted by Crippen LogP contribution is -2.49. The lowest BCUT2D eigenvalue weighted by atomic mass is 9.90. The lowest BCUT2D eigenvalue weighted by Gasteiger charge is -2.23. The van der Waals surface area contributed by atoms with Crippen LogP contribution in [0.3, 0.4) is 0 Å². The summed E-state index contributed by atoms with van der Waals surface area (Å²) in [6.07, 6.45) is 1.70. The Morgan fingerprint density at radius 3 is 2.22 bits per heavy atom. The van der Waals surface area contributed by atoms with Gasteiger partial charge in [-0.05, 0) is 56.3 Å². The second-order valence-electron chi connectivity index (χ2n) is 9.42. The number of hydrogen-bond acceptors (Lipinski definition) is 3. The third kappa shape index (κ3) is 4.75. The molecular weight excluding hydrogens is 448 g/mol. The Balaban J connectivity index is 1.22. The van der Waals surface area contributed by atoms with E-state index in [1.165, 1.54) is 42.8 Å². The van der Waals surface area contributed by atoms with Crippen LogP contribution in [-0.2, 0) is 22.6 Å². The van der Waals surface area contributed by atoms with Crippen molar-refractivity contribution < 1.29 is 14.7 Å². The molecule has 0 saturated carbocycles. The summed E-state index contributed by atoms with van der Waals surface area (Å²) in [7, 11) is 1.68. The lowest BCUT2D eigenvalue weighted by molar-refractivity contribution is -0.137. The fraction of sp³-hybridized carbons (Fsp3) is 0.226. The largest absolute Gasteiger partial charge is 0.394 e. The third-order valence-corrected chi connectivity index (χ3v) is 6.92. The van der Waals surface area contributed by atoms with Gasteiger partial charge in [-0.2, -0.15) is 0 Å². The minimum atomic E-state index is -0.944. The highest BCUT2D eigenvalue weighted by molar-refractivity contribution is 6.23. The van der Waals surface area contributed by atoms with Crippen molar-refractivity contribution in [2.24, 2.45) is 0 Å². The molecule has 0 aromatic heterocycles. The zero-order valence-electron chi connectivity index (χ0n) is 20.4. The van der Waals surface area contributed by atoms with Crippen LogP contribution in [0.4, 0.5) is 0 Å². The number of aryl methyl sites for hydroxylation is 1. The zero-order chi connectivity index (χ0) is 25.1. The van der Waals surface area contributed by atoms with Crippen LogP contribution in [0, 0.1) is 0 Å². The normalized spacial score (nSPS) is 12.3. The molecule has 2 amide bonds. The quantitative estimate of drug-likeness (QED) is 0.292. The van der Waals surface area contributed by atoms with Gasteiger partial charge in [0.2, 0.25) is 11.8 Å². The van der Waals surface area contributed by atoms with E-state index in [1.54, 1.807) is 7.05 Å². The molecule has 0 radical (unpaired) electrons. The van der Waals surface area contributed by atoms with Crippen molar-refractivity contribution in [3.05, 3.63) is 96.1 Å². The summed E-state index contributed by atoms with van der Waals surface area (Å²) < 4.78 is 0.